The molecule has 0 bridgehead atoms. The van der Waals surface area contributed by atoms with Gasteiger partial charge in [-0.3, -0.25) is 4.68 Å². The zero-order valence-electron chi connectivity index (χ0n) is 13.7. The first-order chi connectivity index (χ1) is 9.49. The summed E-state index contributed by atoms with van der Waals surface area (Å²) in [6.07, 6.45) is 3.46. The number of nitrogens with zero attached hydrogens (tertiary/aromatic N) is 2. The normalized spacial score (nSPS) is 13.2. The van der Waals surface area contributed by atoms with E-state index in [1.165, 1.54) is 18.5 Å². The maximum absolute atomic E-state index is 6.42. The van der Waals surface area contributed by atoms with E-state index < -0.39 is 0 Å². The van der Waals surface area contributed by atoms with Gasteiger partial charge in [-0.05, 0) is 51.6 Å². The molecule has 116 valence electrons. The molecule has 1 aromatic heterocycles. The lowest BCUT2D eigenvalue weighted by Crippen LogP contribution is -2.28. The SMILES string of the molecule is CCCC(CNCC(C)C)Cc1c(Cl)c(C)nn1CC. The van der Waals surface area contributed by atoms with Crippen molar-refractivity contribution in [3.8, 4) is 0 Å². The predicted molar refractivity (Wildman–Crippen MR) is 87.5 cm³/mol. The lowest BCUT2D eigenvalue weighted by Gasteiger charge is -2.18. The summed E-state index contributed by atoms with van der Waals surface area (Å²) in [7, 11) is 0. The summed E-state index contributed by atoms with van der Waals surface area (Å²) >= 11 is 6.42. The Morgan fingerprint density at radius 2 is 1.95 bits per heavy atom. The molecule has 1 atom stereocenters. The smallest absolute Gasteiger partial charge is 0.0847 e. The van der Waals surface area contributed by atoms with Crippen LogP contribution in [0.2, 0.25) is 5.02 Å². The number of aromatic nitrogens is 2. The van der Waals surface area contributed by atoms with E-state index >= 15 is 0 Å². The molecule has 0 fully saturated rings. The first-order valence-corrected chi connectivity index (χ1v) is 8.29. The lowest BCUT2D eigenvalue weighted by atomic mass is 9.97. The van der Waals surface area contributed by atoms with Crippen molar-refractivity contribution in [3.05, 3.63) is 16.4 Å². The molecule has 0 saturated heterocycles. The van der Waals surface area contributed by atoms with Crippen molar-refractivity contribution in [2.45, 2.75) is 60.4 Å². The second kappa shape index (κ2) is 8.68. The molecule has 1 N–H and O–H groups in total. The van der Waals surface area contributed by atoms with Crippen LogP contribution in [0, 0.1) is 18.8 Å². The van der Waals surface area contributed by atoms with E-state index in [1.54, 1.807) is 0 Å². The summed E-state index contributed by atoms with van der Waals surface area (Å²) < 4.78 is 2.06. The number of rotatable bonds is 9. The van der Waals surface area contributed by atoms with Gasteiger partial charge in [0.25, 0.3) is 0 Å². The van der Waals surface area contributed by atoms with Crippen LogP contribution in [0.3, 0.4) is 0 Å². The largest absolute Gasteiger partial charge is 0.316 e. The minimum Gasteiger partial charge on any atom is -0.316 e. The predicted octanol–water partition coefficient (Wildman–Crippen LogP) is 4.07. The van der Waals surface area contributed by atoms with Gasteiger partial charge in [-0.1, -0.05) is 38.8 Å². The monoisotopic (exact) mass is 299 g/mol. The number of nitrogens with one attached hydrogen (secondary N) is 1. The molecule has 0 radical (unpaired) electrons. The Labute approximate surface area is 129 Å². The molecule has 0 aliphatic carbocycles. The van der Waals surface area contributed by atoms with E-state index in [-0.39, 0.29) is 0 Å². The average Bonchev–Trinajstić information content (AvgIpc) is 2.66. The molecule has 3 nitrogen and oxygen atoms in total. The van der Waals surface area contributed by atoms with Crippen molar-refractivity contribution in [1.82, 2.24) is 15.1 Å². The number of halogens is 1. The van der Waals surface area contributed by atoms with Gasteiger partial charge in [-0.25, -0.2) is 0 Å². The Hall–Kier alpha value is -0.540. The maximum atomic E-state index is 6.42. The van der Waals surface area contributed by atoms with Crippen LogP contribution in [0.1, 0.15) is 51.9 Å². The first kappa shape index (κ1) is 17.5. The van der Waals surface area contributed by atoms with Crippen LogP contribution in [-0.4, -0.2) is 22.9 Å². The molecule has 20 heavy (non-hydrogen) atoms. The van der Waals surface area contributed by atoms with E-state index in [0.717, 1.165) is 36.8 Å². The van der Waals surface area contributed by atoms with Crippen molar-refractivity contribution in [2.24, 2.45) is 11.8 Å². The molecule has 0 aliphatic rings. The van der Waals surface area contributed by atoms with Gasteiger partial charge in [-0.2, -0.15) is 5.10 Å². The van der Waals surface area contributed by atoms with Gasteiger partial charge in [0.15, 0.2) is 0 Å². The van der Waals surface area contributed by atoms with Gasteiger partial charge < -0.3 is 5.32 Å². The zero-order chi connectivity index (χ0) is 15.1. The van der Waals surface area contributed by atoms with E-state index in [9.17, 15) is 0 Å². The van der Waals surface area contributed by atoms with Crippen molar-refractivity contribution in [3.63, 3.8) is 0 Å². The fourth-order valence-corrected chi connectivity index (χ4v) is 2.81. The van der Waals surface area contributed by atoms with E-state index in [2.05, 4.69) is 42.8 Å². The highest BCUT2D eigenvalue weighted by molar-refractivity contribution is 6.31. The van der Waals surface area contributed by atoms with Crippen LogP contribution in [-0.2, 0) is 13.0 Å². The third-order valence-electron chi connectivity index (χ3n) is 3.62. The topological polar surface area (TPSA) is 29.9 Å². The standard InChI is InChI=1S/C16H30ClN3/c1-6-8-14(11-18-10-12(3)4)9-15-16(17)13(5)19-20(15)7-2/h12,14,18H,6-11H2,1-5H3. The maximum Gasteiger partial charge on any atom is 0.0847 e. The molecule has 1 rings (SSSR count). The summed E-state index contributed by atoms with van der Waals surface area (Å²) in [5.41, 5.74) is 2.16. The Kier molecular flexibility index (Phi) is 7.60. The summed E-state index contributed by atoms with van der Waals surface area (Å²) in [5.74, 6) is 1.34. The second-order valence-electron chi connectivity index (χ2n) is 6.07. The molecule has 1 aromatic rings. The molecule has 1 heterocycles. The summed E-state index contributed by atoms with van der Waals surface area (Å²) in [4.78, 5) is 0. The van der Waals surface area contributed by atoms with Crippen LogP contribution < -0.4 is 5.32 Å². The molecule has 0 spiro atoms. The Morgan fingerprint density at radius 1 is 1.25 bits per heavy atom. The van der Waals surface area contributed by atoms with Gasteiger partial charge in [0, 0.05) is 6.54 Å². The number of hydrogen-bond acceptors (Lipinski definition) is 2. The molecule has 4 heteroatoms. The molecule has 0 amide bonds. The van der Waals surface area contributed by atoms with Crippen LogP contribution in [0.25, 0.3) is 0 Å². The summed E-state index contributed by atoms with van der Waals surface area (Å²) in [6.45, 7) is 13.9. The van der Waals surface area contributed by atoms with E-state index in [0.29, 0.717) is 11.8 Å². The third-order valence-corrected chi connectivity index (χ3v) is 4.11. The third kappa shape index (κ3) is 5.10. The Morgan fingerprint density at radius 3 is 2.50 bits per heavy atom. The second-order valence-corrected chi connectivity index (χ2v) is 6.45. The van der Waals surface area contributed by atoms with Gasteiger partial charge in [0.05, 0.1) is 16.4 Å². The van der Waals surface area contributed by atoms with Crippen molar-refractivity contribution in [2.75, 3.05) is 13.1 Å². The van der Waals surface area contributed by atoms with Gasteiger partial charge in [-0.15, -0.1) is 0 Å². The quantitative estimate of drug-likeness (QED) is 0.745. The van der Waals surface area contributed by atoms with E-state index in [1.807, 2.05) is 6.92 Å². The van der Waals surface area contributed by atoms with Crippen molar-refractivity contribution >= 4 is 11.6 Å². The highest BCUT2D eigenvalue weighted by atomic mass is 35.5. The minimum absolute atomic E-state index is 0.637. The fraction of sp³-hybridized carbons (Fsp3) is 0.812. The molecule has 0 aromatic carbocycles. The molecule has 1 unspecified atom stereocenters. The highest BCUT2D eigenvalue weighted by Gasteiger charge is 2.17. The lowest BCUT2D eigenvalue weighted by molar-refractivity contribution is 0.410. The van der Waals surface area contributed by atoms with Crippen molar-refractivity contribution in [1.29, 1.82) is 0 Å². The summed E-state index contributed by atoms with van der Waals surface area (Å²) in [6, 6.07) is 0. The van der Waals surface area contributed by atoms with Gasteiger partial charge in [0.1, 0.15) is 0 Å². The first-order valence-electron chi connectivity index (χ1n) is 7.91. The highest BCUT2D eigenvalue weighted by Crippen LogP contribution is 2.24. The van der Waals surface area contributed by atoms with Crippen molar-refractivity contribution < 1.29 is 0 Å². The van der Waals surface area contributed by atoms with Crippen LogP contribution in [0.4, 0.5) is 0 Å². The Bertz CT molecular complexity index is 399. The number of aryl methyl sites for hydroxylation is 2. The molecular weight excluding hydrogens is 270 g/mol. The van der Waals surface area contributed by atoms with E-state index in [4.69, 9.17) is 11.6 Å². The molecular formula is C16H30ClN3. The summed E-state index contributed by atoms with van der Waals surface area (Å²) in [5, 5.41) is 8.95. The minimum atomic E-state index is 0.637. The fourth-order valence-electron chi connectivity index (χ4n) is 2.60. The Balaban J connectivity index is 2.69. The zero-order valence-corrected chi connectivity index (χ0v) is 14.4. The van der Waals surface area contributed by atoms with Crippen LogP contribution >= 0.6 is 11.6 Å². The molecule has 0 aliphatic heterocycles. The van der Waals surface area contributed by atoms with Gasteiger partial charge >= 0.3 is 0 Å². The number of hydrogen-bond donors (Lipinski definition) is 1. The van der Waals surface area contributed by atoms with Gasteiger partial charge in [0.2, 0.25) is 0 Å². The average molecular weight is 300 g/mol. The molecule has 0 saturated carbocycles. The van der Waals surface area contributed by atoms with Crippen LogP contribution in [0.15, 0.2) is 0 Å². The van der Waals surface area contributed by atoms with Crippen LogP contribution in [0.5, 0.6) is 0 Å².